The molecule has 27 heavy (non-hydrogen) atoms. The molecule has 2 aliphatic rings. The summed E-state index contributed by atoms with van der Waals surface area (Å²) in [7, 11) is 0. The first kappa shape index (κ1) is 21.2. The molecule has 1 unspecified atom stereocenters. The van der Waals surface area contributed by atoms with Crippen LogP contribution < -0.4 is 0 Å². The number of amides is 5. The standard InChI is InChI=1S/C19H31N3O5/c1-6-7-9-21-15(23)12-16(24)22(17(21)25)14-8-10-20(13(2)11-14)18(26)27-19(3,4)5/h13-14H,6-12H2,1-5H3/t13-,14?/m1/s1. The molecule has 0 aromatic rings. The molecule has 8 nitrogen and oxygen atoms in total. The van der Waals surface area contributed by atoms with Crippen LogP contribution in [0.15, 0.2) is 0 Å². The first-order valence-corrected chi connectivity index (χ1v) is 9.71. The molecule has 0 spiro atoms. The average Bonchev–Trinajstić information content (AvgIpc) is 2.52. The fraction of sp³-hybridized carbons (Fsp3) is 0.789. The van der Waals surface area contributed by atoms with Crippen molar-refractivity contribution in [3.63, 3.8) is 0 Å². The van der Waals surface area contributed by atoms with Crippen LogP contribution in [0.4, 0.5) is 9.59 Å². The van der Waals surface area contributed by atoms with E-state index in [1.807, 2.05) is 34.6 Å². The van der Waals surface area contributed by atoms with Crippen molar-refractivity contribution in [2.45, 2.75) is 84.4 Å². The maximum atomic E-state index is 12.8. The lowest BCUT2D eigenvalue weighted by atomic mass is 9.96. The Bertz CT molecular complexity index is 613. The molecule has 2 rings (SSSR count). The Kier molecular flexibility index (Phi) is 6.49. The van der Waals surface area contributed by atoms with E-state index in [4.69, 9.17) is 4.74 Å². The normalized spacial score (nSPS) is 24.5. The molecule has 2 saturated heterocycles. The number of rotatable bonds is 4. The van der Waals surface area contributed by atoms with Gasteiger partial charge < -0.3 is 9.64 Å². The van der Waals surface area contributed by atoms with E-state index in [1.165, 1.54) is 9.80 Å². The molecule has 0 radical (unpaired) electrons. The van der Waals surface area contributed by atoms with E-state index < -0.39 is 23.4 Å². The molecule has 0 aromatic heterocycles. The number of nitrogens with zero attached hydrogens (tertiary/aromatic N) is 3. The highest BCUT2D eigenvalue weighted by molar-refractivity contribution is 6.14. The van der Waals surface area contributed by atoms with Crippen LogP contribution in [-0.4, -0.2) is 69.4 Å². The number of likely N-dealkylation sites (tertiary alicyclic amines) is 1. The molecule has 2 fully saturated rings. The van der Waals surface area contributed by atoms with Gasteiger partial charge in [0.1, 0.15) is 12.0 Å². The minimum atomic E-state index is -0.577. The third-order valence-electron chi connectivity index (χ3n) is 4.89. The maximum absolute atomic E-state index is 12.8. The second-order valence-electron chi connectivity index (χ2n) is 8.32. The van der Waals surface area contributed by atoms with Gasteiger partial charge in [-0.25, -0.2) is 9.59 Å². The molecule has 2 heterocycles. The number of hydrogen-bond donors (Lipinski definition) is 0. The number of urea groups is 1. The van der Waals surface area contributed by atoms with Gasteiger partial charge in [-0.15, -0.1) is 0 Å². The number of carbonyl (C=O) groups excluding carboxylic acids is 4. The zero-order valence-corrected chi connectivity index (χ0v) is 17.0. The zero-order valence-electron chi connectivity index (χ0n) is 17.0. The van der Waals surface area contributed by atoms with Crippen molar-refractivity contribution in [1.82, 2.24) is 14.7 Å². The van der Waals surface area contributed by atoms with Crippen LogP contribution in [0.1, 0.15) is 66.7 Å². The van der Waals surface area contributed by atoms with Gasteiger partial charge in [0.15, 0.2) is 0 Å². The first-order valence-electron chi connectivity index (χ1n) is 9.71. The fourth-order valence-corrected chi connectivity index (χ4v) is 3.52. The third kappa shape index (κ3) is 4.99. The van der Waals surface area contributed by atoms with Crippen LogP contribution in [0.5, 0.6) is 0 Å². The quantitative estimate of drug-likeness (QED) is 0.699. The number of piperidine rings is 1. The number of hydrogen-bond acceptors (Lipinski definition) is 5. The number of ether oxygens (including phenoxy) is 1. The van der Waals surface area contributed by atoms with Crippen LogP contribution in [-0.2, 0) is 14.3 Å². The minimum Gasteiger partial charge on any atom is -0.444 e. The molecule has 152 valence electrons. The van der Waals surface area contributed by atoms with Gasteiger partial charge in [-0.3, -0.25) is 19.4 Å². The second-order valence-corrected chi connectivity index (χ2v) is 8.32. The van der Waals surface area contributed by atoms with Gasteiger partial charge in [-0.2, -0.15) is 0 Å². The van der Waals surface area contributed by atoms with Gasteiger partial charge >= 0.3 is 12.1 Å². The Morgan fingerprint density at radius 2 is 1.85 bits per heavy atom. The van der Waals surface area contributed by atoms with Crippen molar-refractivity contribution >= 4 is 23.9 Å². The number of carbonyl (C=O) groups is 4. The van der Waals surface area contributed by atoms with E-state index in [1.54, 1.807) is 4.90 Å². The van der Waals surface area contributed by atoms with E-state index >= 15 is 0 Å². The highest BCUT2D eigenvalue weighted by atomic mass is 16.6. The summed E-state index contributed by atoms with van der Waals surface area (Å²) in [5.74, 6) is -0.866. The zero-order chi connectivity index (χ0) is 20.4. The topological polar surface area (TPSA) is 87.2 Å². The summed E-state index contributed by atoms with van der Waals surface area (Å²) in [4.78, 5) is 53.7. The van der Waals surface area contributed by atoms with Crippen molar-refractivity contribution in [2.24, 2.45) is 0 Å². The van der Waals surface area contributed by atoms with Crippen molar-refractivity contribution in [3.05, 3.63) is 0 Å². The molecule has 2 aliphatic heterocycles. The number of imide groups is 2. The molecular weight excluding hydrogens is 350 g/mol. The summed E-state index contributed by atoms with van der Waals surface area (Å²) in [6, 6.07) is -0.996. The maximum Gasteiger partial charge on any atom is 0.410 e. The van der Waals surface area contributed by atoms with E-state index in [-0.39, 0.29) is 24.6 Å². The van der Waals surface area contributed by atoms with Crippen LogP contribution in [0, 0.1) is 0 Å². The monoisotopic (exact) mass is 381 g/mol. The molecule has 0 bridgehead atoms. The Balaban J connectivity index is 2.06. The SMILES string of the molecule is CCCCN1C(=O)CC(=O)N(C2CCN(C(=O)OC(C)(C)C)[C@H](C)C2)C1=O. The van der Waals surface area contributed by atoms with Gasteiger partial charge in [0.25, 0.3) is 0 Å². The van der Waals surface area contributed by atoms with Gasteiger partial charge in [-0.05, 0) is 47.0 Å². The highest BCUT2D eigenvalue weighted by Gasteiger charge is 2.44. The number of unbranched alkanes of at least 4 members (excludes halogenated alkanes) is 1. The van der Waals surface area contributed by atoms with Crippen LogP contribution >= 0.6 is 0 Å². The first-order chi connectivity index (χ1) is 12.5. The summed E-state index contributed by atoms with van der Waals surface area (Å²) in [5.41, 5.74) is -0.577. The molecule has 2 atom stereocenters. The Morgan fingerprint density at radius 3 is 2.41 bits per heavy atom. The molecular formula is C19H31N3O5. The summed E-state index contributed by atoms with van der Waals surface area (Å²) in [6.07, 6.45) is 1.88. The van der Waals surface area contributed by atoms with Crippen molar-refractivity contribution in [3.8, 4) is 0 Å². The van der Waals surface area contributed by atoms with Crippen LogP contribution in [0.25, 0.3) is 0 Å². The van der Waals surface area contributed by atoms with E-state index in [0.29, 0.717) is 32.4 Å². The Morgan fingerprint density at radius 1 is 1.19 bits per heavy atom. The summed E-state index contributed by atoms with van der Waals surface area (Å²) < 4.78 is 5.43. The summed E-state index contributed by atoms with van der Waals surface area (Å²) in [6.45, 7) is 10.1. The largest absolute Gasteiger partial charge is 0.444 e. The lowest BCUT2D eigenvalue weighted by Gasteiger charge is -2.43. The predicted octanol–water partition coefficient (Wildman–Crippen LogP) is 2.76. The van der Waals surface area contributed by atoms with Crippen molar-refractivity contribution in [1.29, 1.82) is 0 Å². The lowest BCUT2D eigenvalue weighted by Crippen LogP contribution is -2.61. The van der Waals surface area contributed by atoms with Crippen LogP contribution in [0.2, 0.25) is 0 Å². The van der Waals surface area contributed by atoms with Gasteiger partial charge in [0.05, 0.1) is 0 Å². The van der Waals surface area contributed by atoms with Crippen molar-refractivity contribution in [2.75, 3.05) is 13.1 Å². The summed E-state index contributed by atoms with van der Waals surface area (Å²) in [5, 5.41) is 0. The van der Waals surface area contributed by atoms with Gasteiger partial charge in [-0.1, -0.05) is 13.3 Å². The summed E-state index contributed by atoms with van der Waals surface area (Å²) >= 11 is 0. The fourth-order valence-electron chi connectivity index (χ4n) is 3.52. The molecule has 0 aromatic carbocycles. The Hall–Kier alpha value is -2.12. The highest BCUT2D eigenvalue weighted by Crippen LogP contribution is 2.27. The van der Waals surface area contributed by atoms with E-state index in [9.17, 15) is 19.2 Å². The molecule has 0 aliphatic carbocycles. The molecule has 0 N–H and O–H groups in total. The third-order valence-corrected chi connectivity index (χ3v) is 4.89. The lowest BCUT2D eigenvalue weighted by molar-refractivity contribution is -0.144. The van der Waals surface area contributed by atoms with E-state index in [0.717, 1.165) is 6.42 Å². The average molecular weight is 381 g/mol. The predicted molar refractivity (Wildman–Crippen MR) is 98.9 cm³/mol. The number of barbiturate groups is 1. The van der Waals surface area contributed by atoms with Crippen molar-refractivity contribution < 1.29 is 23.9 Å². The Labute approximate surface area is 160 Å². The minimum absolute atomic E-state index is 0.166. The van der Waals surface area contributed by atoms with Crippen LogP contribution in [0.3, 0.4) is 0 Å². The molecule has 5 amide bonds. The second kappa shape index (κ2) is 8.27. The smallest absolute Gasteiger partial charge is 0.410 e. The molecule has 8 heteroatoms. The van der Waals surface area contributed by atoms with Gasteiger partial charge in [0, 0.05) is 25.2 Å². The van der Waals surface area contributed by atoms with Gasteiger partial charge in [0.2, 0.25) is 11.8 Å². The molecule has 0 saturated carbocycles. The van der Waals surface area contributed by atoms with E-state index in [2.05, 4.69) is 0 Å².